The molecule has 6 aromatic rings. The molecule has 58 heavy (non-hydrogen) atoms. The van der Waals surface area contributed by atoms with Crippen molar-refractivity contribution in [3.8, 4) is 39.2 Å². The summed E-state index contributed by atoms with van der Waals surface area (Å²) in [5, 5.41) is 0.719. The van der Waals surface area contributed by atoms with Gasteiger partial charge in [0.25, 0.3) is 0 Å². The van der Waals surface area contributed by atoms with E-state index in [0.29, 0.717) is 63.5 Å². The molecule has 1 unspecified atom stereocenters. The number of benzene rings is 5. The number of carbonyl (C=O) groups is 3. The second-order valence-electron chi connectivity index (χ2n) is 15.1. The number of fused-ring (bicyclic) bond motifs is 1. The van der Waals surface area contributed by atoms with Gasteiger partial charge in [0.2, 0.25) is 0 Å². The van der Waals surface area contributed by atoms with Crippen LogP contribution in [0.1, 0.15) is 77.7 Å². The Labute approximate surface area is 343 Å². The number of esters is 2. The summed E-state index contributed by atoms with van der Waals surface area (Å²) < 4.78 is 29.8. The van der Waals surface area contributed by atoms with Gasteiger partial charge in [-0.3, -0.25) is 9.69 Å². The lowest BCUT2D eigenvalue weighted by atomic mass is 9.97. The van der Waals surface area contributed by atoms with Gasteiger partial charge in [0.1, 0.15) is 35.4 Å². The van der Waals surface area contributed by atoms with E-state index in [4.69, 9.17) is 23.7 Å². The molecule has 10 heteroatoms. The van der Waals surface area contributed by atoms with Gasteiger partial charge in [0.15, 0.2) is 5.78 Å². The van der Waals surface area contributed by atoms with Crippen LogP contribution in [0.2, 0.25) is 0 Å². The molecule has 1 atom stereocenters. The van der Waals surface area contributed by atoms with Gasteiger partial charge in [-0.2, -0.15) is 0 Å². The van der Waals surface area contributed by atoms with Gasteiger partial charge in [-0.15, -0.1) is 11.3 Å². The summed E-state index contributed by atoms with van der Waals surface area (Å²) in [5.74, 6) is 2.07. The second kappa shape index (κ2) is 18.1. The Morgan fingerprint density at radius 1 is 0.672 bits per heavy atom. The van der Waals surface area contributed by atoms with E-state index in [2.05, 4.69) is 11.8 Å². The van der Waals surface area contributed by atoms with Crippen LogP contribution >= 0.6 is 11.3 Å². The third kappa shape index (κ3) is 9.93. The summed E-state index contributed by atoms with van der Waals surface area (Å²) in [6.45, 7) is 13.6. The van der Waals surface area contributed by atoms with E-state index >= 15 is 0 Å². The molecule has 0 aliphatic carbocycles. The summed E-state index contributed by atoms with van der Waals surface area (Å²) in [5.41, 5.74) is 2.50. The van der Waals surface area contributed by atoms with Crippen molar-refractivity contribution in [1.29, 1.82) is 0 Å². The number of hydrogen-bond acceptors (Lipinski definition) is 10. The maximum atomic E-state index is 14.4. The molecule has 0 N–H and O–H groups in total. The van der Waals surface area contributed by atoms with Crippen LogP contribution in [0.25, 0.3) is 20.5 Å². The first-order chi connectivity index (χ1) is 28.0. The van der Waals surface area contributed by atoms with Crippen molar-refractivity contribution in [2.45, 2.75) is 53.2 Å². The highest BCUT2D eigenvalue weighted by atomic mass is 32.1. The lowest BCUT2D eigenvalue weighted by molar-refractivity contribution is 0.0724. The predicted molar refractivity (Wildman–Crippen MR) is 227 cm³/mol. The van der Waals surface area contributed by atoms with Crippen molar-refractivity contribution in [3.63, 3.8) is 0 Å². The molecule has 2 heterocycles. The van der Waals surface area contributed by atoms with Crippen molar-refractivity contribution in [2.24, 2.45) is 5.92 Å². The normalized spacial score (nSPS) is 14.2. The number of ketones is 1. The van der Waals surface area contributed by atoms with E-state index < -0.39 is 11.9 Å². The molecule has 0 spiro atoms. The zero-order valence-corrected chi connectivity index (χ0v) is 34.2. The van der Waals surface area contributed by atoms with Gasteiger partial charge in [0, 0.05) is 39.2 Å². The van der Waals surface area contributed by atoms with Crippen molar-refractivity contribution < 1.29 is 38.1 Å². The molecule has 0 radical (unpaired) electrons. The standard InChI is InChI=1S/C48H47NO8S/c1-30(2)54-39-10-6-8-35(26-39)47(51)56-38-18-14-34(15-19-38)46-44(45(50)33-12-16-37(17-13-33)53-25-24-49-23-22-32(5)29-49)42-21-20-41(28-43(42)58-46)57-48(52)36-9-7-11-40(27-36)55-31(3)4/h6-21,26-28,30-32H,22-25,29H2,1-5H3. The molecule has 5 aromatic carbocycles. The molecule has 1 saturated heterocycles. The van der Waals surface area contributed by atoms with E-state index in [9.17, 15) is 14.4 Å². The fraction of sp³-hybridized carbons (Fsp3) is 0.271. The number of carbonyl (C=O) groups excluding carboxylic acids is 3. The van der Waals surface area contributed by atoms with Gasteiger partial charge in [-0.1, -0.05) is 19.1 Å². The van der Waals surface area contributed by atoms with E-state index in [1.54, 1.807) is 84.9 Å². The number of rotatable bonds is 15. The van der Waals surface area contributed by atoms with E-state index in [1.165, 1.54) is 17.8 Å². The van der Waals surface area contributed by atoms with Crippen LogP contribution in [0.5, 0.6) is 28.7 Å². The van der Waals surface area contributed by atoms with E-state index in [0.717, 1.165) is 40.2 Å². The summed E-state index contributed by atoms with van der Waals surface area (Å²) in [6, 6.07) is 33.4. The minimum Gasteiger partial charge on any atom is -0.492 e. The maximum absolute atomic E-state index is 14.4. The fourth-order valence-electron chi connectivity index (χ4n) is 6.88. The van der Waals surface area contributed by atoms with Crippen LogP contribution in [0.15, 0.2) is 115 Å². The van der Waals surface area contributed by atoms with E-state index in [-0.39, 0.29) is 18.0 Å². The topological polar surface area (TPSA) is 101 Å². The highest BCUT2D eigenvalue weighted by Gasteiger charge is 2.24. The number of ether oxygens (including phenoxy) is 5. The Hall–Kier alpha value is -5.97. The first kappa shape index (κ1) is 40.2. The Morgan fingerprint density at radius 2 is 1.26 bits per heavy atom. The van der Waals surface area contributed by atoms with Gasteiger partial charge in [0.05, 0.1) is 23.3 Å². The first-order valence-electron chi connectivity index (χ1n) is 19.6. The van der Waals surface area contributed by atoms with Crippen molar-refractivity contribution >= 4 is 39.1 Å². The van der Waals surface area contributed by atoms with Gasteiger partial charge < -0.3 is 23.7 Å². The molecule has 0 bridgehead atoms. The molecule has 1 fully saturated rings. The molecule has 0 saturated carbocycles. The average Bonchev–Trinajstić information content (AvgIpc) is 3.80. The number of likely N-dealkylation sites (tertiary alicyclic amines) is 1. The van der Waals surface area contributed by atoms with Crippen molar-refractivity contribution in [3.05, 3.63) is 138 Å². The smallest absolute Gasteiger partial charge is 0.343 e. The molecule has 0 amide bonds. The SMILES string of the molecule is CC1CCN(CCOc2ccc(C(=O)c3c(-c4ccc(OC(=O)c5cccc(OC(C)C)c5)cc4)sc4cc(OC(=O)c5cccc(OC(C)C)c5)ccc34)cc2)C1. The summed E-state index contributed by atoms with van der Waals surface area (Å²) in [6.07, 6.45) is 1.13. The molecular formula is C48H47NO8S. The highest BCUT2D eigenvalue weighted by Crippen LogP contribution is 2.42. The number of thiophene rings is 1. The Kier molecular flexibility index (Phi) is 12.5. The average molecular weight is 798 g/mol. The summed E-state index contributed by atoms with van der Waals surface area (Å²) >= 11 is 1.41. The maximum Gasteiger partial charge on any atom is 0.343 e. The third-order valence-corrected chi connectivity index (χ3v) is 10.8. The number of hydrogen-bond donors (Lipinski definition) is 0. The van der Waals surface area contributed by atoms with Crippen LogP contribution in [-0.4, -0.2) is 61.1 Å². The molecule has 1 aliphatic rings. The highest BCUT2D eigenvalue weighted by molar-refractivity contribution is 7.22. The second-order valence-corrected chi connectivity index (χ2v) is 16.1. The number of nitrogens with zero attached hydrogens (tertiary/aromatic N) is 1. The van der Waals surface area contributed by atoms with Crippen molar-refractivity contribution in [1.82, 2.24) is 4.90 Å². The molecule has 1 aromatic heterocycles. The van der Waals surface area contributed by atoms with Crippen molar-refractivity contribution in [2.75, 3.05) is 26.2 Å². The van der Waals surface area contributed by atoms with Gasteiger partial charge >= 0.3 is 11.9 Å². The van der Waals surface area contributed by atoms with Crippen LogP contribution in [0.4, 0.5) is 0 Å². The monoisotopic (exact) mass is 797 g/mol. The minimum absolute atomic E-state index is 0.0362. The first-order valence-corrected chi connectivity index (χ1v) is 20.5. The van der Waals surface area contributed by atoms with Crippen LogP contribution < -0.4 is 23.7 Å². The van der Waals surface area contributed by atoms with Crippen LogP contribution in [-0.2, 0) is 0 Å². The van der Waals surface area contributed by atoms with E-state index in [1.807, 2.05) is 58.0 Å². The predicted octanol–water partition coefficient (Wildman–Crippen LogP) is 10.5. The summed E-state index contributed by atoms with van der Waals surface area (Å²) in [7, 11) is 0. The molecule has 7 rings (SSSR count). The Balaban J connectivity index is 1.15. The zero-order chi connectivity index (χ0) is 40.8. The zero-order valence-electron chi connectivity index (χ0n) is 33.4. The van der Waals surface area contributed by atoms with Crippen LogP contribution in [0.3, 0.4) is 0 Å². The fourth-order valence-corrected chi connectivity index (χ4v) is 8.12. The lowest BCUT2D eigenvalue weighted by Gasteiger charge is -2.15. The third-order valence-electron chi connectivity index (χ3n) is 9.61. The minimum atomic E-state index is -0.525. The Morgan fingerprint density at radius 3 is 1.84 bits per heavy atom. The van der Waals surface area contributed by atoms with Gasteiger partial charge in [-0.05, 0) is 155 Å². The summed E-state index contributed by atoms with van der Waals surface area (Å²) in [4.78, 5) is 43.9. The molecular weight excluding hydrogens is 751 g/mol. The quantitative estimate of drug-likeness (QED) is 0.0571. The largest absolute Gasteiger partial charge is 0.492 e. The Bertz CT molecular complexity index is 2400. The lowest BCUT2D eigenvalue weighted by Crippen LogP contribution is -2.25. The molecule has 298 valence electrons. The molecule has 1 aliphatic heterocycles. The van der Waals surface area contributed by atoms with Crippen LogP contribution in [0, 0.1) is 5.92 Å². The molecule has 9 nitrogen and oxygen atoms in total. The van der Waals surface area contributed by atoms with Gasteiger partial charge in [-0.25, -0.2) is 9.59 Å².